The van der Waals surface area contributed by atoms with E-state index in [0.717, 1.165) is 53.3 Å². The molecule has 1 saturated heterocycles. The van der Waals surface area contributed by atoms with Gasteiger partial charge in [0.1, 0.15) is 11.6 Å². The minimum absolute atomic E-state index is 0.119. The maximum atomic E-state index is 13.2. The van der Waals surface area contributed by atoms with E-state index in [1.165, 1.54) is 0 Å². The van der Waals surface area contributed by atoms with Gasteiger partial charge in [0.05, 0.1) is 19.2 Å². The summed E-state index contributed by atoms with van der Waals surface area (Å²) >= 11 is 0. The van der Waals surface area contributed by atoms with Crippen LogP contribution in [0.15, 0.2) is 48.8 Å². The number of hydrogen-bond donors (Lipinski definition) is 1. The van der Waals surface area contributed by atoms with Crippen LogP contribution >= 0.6 is 0 Å². The summed E-state index contributed by atoms with van der Waals surface area (Å²) in [5.41, 5.74) is 3.88. The number of nitrogens with zero attached hydrogens (tertiary/aromatic N) is 4. The van der Waals surface area contributed by atoms with Gasteiger partial charge in [-0.25, -0.2) is 9.97 Å². The fourth-order valence-electron chi connectivity index (χ4n) is 4.19. The van der Waals surface area contributed by atoms with E-state index >= 15 is 0 Å². The molecule has 1 fully saturated rings. The van der Waals surface area contributed by atoms with Gasteiger partial charge in [0.2, 0.25) is 5.91 Å². The Hall–Kier alpha value is -3.48. The number of hydrogen-bond acceptors (Lipinski definition) is 6. The van der Waals surface area contributed by atoms with E-state index in [9.17, 15) is 4.79 Å². The van der Waals surface area contributed by atoms with Crippen molar-refractivity contribution < 1.29 is 9.53 Å². The number of anilines is 1. The zero-order chi connectivity index (χ0) is 22.5. The number of nitrogens with one attached hydrogen (secondary N) is 1. The molecule has 1 aromatic carbocycles. The van der Waals surface area contributed by atoms with Gasteiger partial charge >= 0.3 is 0 Å². The molecule has 0 bridgehead atoms. The van der Waals surface area contributed by atoms with Crippen molar-refractivity contribution in [1.82, 2.24) is 19.9 Å². The molecular formula is C25H29N5O2. The molecule has 1 aliphatic heterocycles. The lowest BCUT2D eigenvalue weighted by Crippen LogP contribution is -2.40. The number of aryl methyl sites for hydroxylation is 1. The summed E-state index contributed by atoms with van der Waals surface area (Å²) in [5.74, 6) is 2.45. The van der Waals surface area contributed by atoms with Gasteiger partial charge in [0.25, 0.3) is 0 Å². The second-order valence-electron chi connectivity index (χ2n) is 8.16. The Morgan fingerprint density at radius 2 is 2.12 bits per heavy atom. The number of carbonyl (C=O) groups excluding carboxylic acids is 1. The van der Waals surface area contributed by atoms with Crippen LogP contribution in [0.25, 0.3) is 11.4 Å². The zero-order valence-electron chi connectivity index (χ0n) is 18.8. The summed E-state index contributed by atoms with van der Waals surface area (Å²) in [5, 5.41) is 3.14. The molecule has 1 amide bonds. The Bertz CT molecular complexity index is 1090. The van der Waals surface area contributed by atoms with Crippen LogP contribution in [0.2, 0.25) is 0 Å². The zero-order valence-corrected chi connectivity index (χ0v) is 18.8. The van der Waals surface area contributed by atoms with E-state index in [1.807, 2.05) is 55.3 Å². The predicted octanol–water partition coefficient (Wildman–Crippen LogP) is 3.85. The summed E-state index contributed by atoms with van der Waals surface area (Å²) < 4.78 is 5.46. The lowest BCUT2D eigenvalue weighted by molar-refractivity contribution is -0.131. The third-order valence-corrected chi connectivity index (χ3v) is 5.89. The minimum Gasteiger partial charge on any atom is -0.496 e. The van der Waals surface area contributed by atoms with Gasteiger partial charge < -0.3 is 15.0 Å². The van der Waals surface area contributed by atoms with Crippen LogP contribution in [0.1, 0.15) is 35.6 Å². The summed E-state index contributed by atoms with van der Waals surface area (Å²) in [7, 11) is 3.49. The number of pyridine rings is 1. The van der Waals surface area contributed by atoms with Crippen LogP contribution in [0.5, 0.6) is 5.75 Å². The van der Waals surface area contributed by atoms with Crippen molar-refractivity contribution in [3.05, 3.63) is 65.6 Å². The fourth-order valence-corrected chi connectivity index (χ4v) is 4.19. The highest BCUT2D eigenvalue weighted by molar-refractivity contribution is 5.79. The fraction of sp³-hybridized carbons (Fsp3) is 0.360. The Kier molecular flexibility index (Phi) is 6.63. The molecule has 7 nitrogen and oxygen atoms in total. The maximum absolute atomic E-state index is 13.2. The smallest absolute Gasteiger partial charge is 0.227 e. The Morgan fingerprint density at radius 1 is 1.25 bits per heavy atom. The number of rotatable bonds is 6. The maximum Gasteiger partial charge on any atom is 0.227 e. The molecular weight excluding hydrogens is 402 g/mol. The summed E-state index contributed by atoms with van der Waals surface area (Å²) in [6, 6.07) is 11.8. The van der Waals surface area contributed by atoms with Crippen LogP contribution in [0.3, 0.4) is 0 Å². The number of piperidine rings is 1. The molecule has 0 aliphatic carbocycles. The first-order chi connectivity index (χ1) is 15.6. The third-order valence-electron chi connectivity index (χ3n) is 5.89. The molecule has 3 aromatic rings. The summed E-state index contributed by atoms with van der Waals surface area (Å²) in [6.45, 7) is 3.45. The second-order valence-corrected chi connectivity index (χ2v) is 8.16. The minimum atomic E-state index is 0.119. The molecule has 0 radical (unpaired) electrons. The number of benzene rings is 1. The quantitative estimate of drug-likeness (QED) is 0.639. The van der Waals surface area contributed by atoms with Crippen molar-refractivity contribution in [3.8, 4) is 17.1 Å². The van der Waals surface area contributed by atoms with Crippen LogP contribution in [-0.2, 0) is 11.2 Å². The first kappa shape index (κ1) is 21.7. The molecule has 0 unspecified atom stereocenters. The van der Waals surface area contributed by atoms with Crippen LogP contribution < -0.4 is 10.1 Å². The average Bonchev–Trinajstić information content (AvgIpc) is 2.84. The van der Waals surface area contributed by atoms with Crippen molar-refractivity contribution in [2.24, 2.45) is 0 Å². The van der Waals surface area contributed by atoms with Crippen molar-refractivity contribution in [2.45, 2.75) is 32.1 Å². The lowest BCUT2D eigenvalue weighted by Gasteiger charge is -2.33. The lowest BCUT2D eigenvalue weighted by atomic mass is 9.93. The highest BCUT2D eigenvalue weighted by Crippen LogP contribution is 2.29. The number of carbonyl (C=O) groups is 1. The molecule has 0 saturated carbocycles. The first-order valence-corrected chi connectivity index (χ1v) is 11.0. The Labute approximate surface area is 188 Å². The highest BCUT2D eigenvalue weighted by Gasteiger charge is 2.27. The van der Waals surface area contributed by atoms with Gasteiger partial charge in [-0.15, -0.1) is 0 Å². The SMILES string of the molecule is CNc1cc([C@@H]2CCCN(C(=O)Cc3cc(C)ccc3OC)C2)nc(-c2cccnc2)n1. The van der Waals surface area contributed by atoms with Gasteiger partial charge in [-0.3, -0.25) is 9.78 Å². The van der Waals surface area contributed by atoms with E-state index in [1.54, 1.807) is 19.5 Å². The molecule has 32 heavy (non-hydrogen) atoms. The molecule has 1 N–H and O–H groups in total. The Morgan fingerprint density at radius 3 is 2.88 bits per heavy atom. The van der Waals surface area contributed by atoms with Gasteiger partial charge in [-0.1, -0.05) is 17.7 Å². The van der Waals surface area contributed by atoms with E-state index in [0.29, 0.717) is 18.8 Å². The normalized spacial score (nSPS) is 16.0. The molecule has 2 aromatic heterocycles. The van der Waals surface area contributed by atoms with Crippen LogP contribution in [0, 0.1) is 6.92 Å². The molecule has 3 heterocycles. The van der Waals surface area contributed by atoms with Crippen molar-refractivity contribution >= 4 is 11.7 Å². The van der Waals surface area contributed by atoms with Gasteiger partial charge in [0.15, 0.2) is 5.82 Å². The third kappa shape index (κ3) is 4.88. The Balaban J connectivity index is 1.54. The molecule has 4 rings (SSSR count). The van der Waals surface area contributed by atoms with E-state index in [-0.39, 0.29) is 11.8 Å². The number of amides is 1. The van der Waals surface area contributed by atoms with Gasteiger partial charge in [-0.05, 0) is 38.0 Å². The molecule has 166 valence electrons. The average molecular weight is 432 g/mol. The highest BCUT2D eigenvalue weighted by atomic mass is 16.5. The topological polar surface area (TPSA) is 80.2 Å². The van der Waals surface area contributed by atoms with Crippen molar-refractivity contribution in [1.29, 1.82) is 0 Å². The molecule has 1 atom stereocenters. The second kappa shape index (κ2) is 9.77. The number of likely N-dealkylation sites (tertiary alicyclic amines) is 1. The predicted molar refractivity (Wildman–Crippen MR) is 125 cm³/mol. The van der Waals surface area contributed by atoms with Crippen molar-refractivity contribution in [3.63, 3.8) is 0 Å². The largest absolute Gasteiger partial charge is 0.496 e. The molecule has 0 spiro atoms. The molecule has 7 heteroatoms. The monoisotopic (exact) mass is 431 g/mol. The van der Waals surface area contributed by atoms with Crippen molar-refractivity contribution in [2.75, 3.05) is 32.6 Å². The number of methoxy groups -OCH3 is 1. The number of aromatic nitrogens is 3. The standard InChI is InChI=1S/C25H29N5O2/c1-17-8-9-22(32-3)20(12-17)13-24(31)30-11-5-7-19(16-30)21-14-23(26-2)29-25(28-21)18-6-4-10-27-15-18/h4,6,8-10,12,14-15,19H,5,7,11,13,16H2,1-3H3,(H,26,28,29)/t19-/m1/s1. The van der Waals surface area contributed by atoms with E-state index in [4.69, 9.17) is 9.72 Å². The van der Waals surface area contributed by atoms with Crippen LogP contribution in [-0.4, -0.2) is 53.0 Å². The van der Waals surface area contributed by atoms with Gasteiger partial charge in [0, 0.05) is 55.6 Å². The summed E-state index contributed by atoms with van der Waals surface area (Å²) in [6.07, 6.45) is 5.78. The number of ether oxygens (including phenoxy) is 1. The van der Waals surface area contributed by atoms with E-state index < -0.39 is 0 Å². The summed E-state index contributed by atoms with van der Waals surface area (Å²) in [4.78, 5) is 28.7. The molecule has 1 aliphatic rings. The first-order valence-electron chi connectivity index (χ1n) is 11.0. The van der Waals surface area contributed by atoms with Gasteiger partial charge in [-0.2, -0.15) is 0 Å². The van der Waals surface area contributed by atoms with E-state index in [2.05, 4.69) is 15.3 Å². The van der Waals surface area contributed by atoms with Crippen LogP contribution in [0.4, 0.5) is 5.82 Å².